The molecule has 6 heteroatoms. The molecule has 0 saturated heterocycles. The van der Waals surface area contributed by atoms with Crippen LogP contribution in [0.3, 0.4) is 0 Å². The van der Waals surface area contributed by atoms with E-state index in [1.165, 1.54) is 17.5 Å². The molecule has 0 radical (unpaired) electrons. The summed E-state index contributed by atoms with van der Waals surface area (Å²) in [6.45, 7) is 0.603. The minimum atomic E-state index is 0.521. The lowest BCUT2D eigenvalue weighted by atomic mass is 10.4. The highest BCUT2D eigenvalue weighted by atomic mass is 35.5. The highest BCUT2D eigenvalue weighted by Gasteiger charge is 2.02. The fourth-order valence-electron chi connectivity index (χ4n) is 1.02. The Labute approximate surface area is 89.4 Å². The number of halogens is 1. The van der Waals surface area contributed by atoms with Crippen molar-refractivity contribution in [2.75, 3.05) is 0 Å². The molecule has 2 heterocycles. The van der Waals surface area contributed by atoms with Gasteiger partial charge in [0.1, 0.15) is 6.07 Å². The summed E-state index contributed by atoms with van der Waals surface area (Å²) >= 11 is 7.09. The molecule has 0 aliphatic carbocycles. The maximum absolute atomic E-state index is 8.59. The molecule has 0 fully saturated rings. The van der Waals surface area contributed by atoms with Gasteiger partial charge in [-0.25, -0.2) is 4.98 Å². The van der Waals surface area contributed by atoms with Gasteiger partial charge in [0.25, 0.3) is 0 Å². The number of nitrogens with zero attached hydrogens (tertiary/aromatic N) is 4. The summed E-state index contributed by atoms with van der Waals surface area (Å²) in [7, 11) is 0. The lowest BCUT2D eigenvalue weighted by molar-refractivity contribution is 0.693. The third-order valence-electron chi connectivity index (χ3n) is 1.61. The van der Waals surface area contributed by atoms with Crippen LogP contribution in [0.15, 0.2) is 18.6 Å². The molecule has 0 atom stereocenters. The molecule has 0 aliphatic heterocycles. The fourth-order valence-corrected chi connectivity index (χ4v) is 1.99. The third-order valence-corrected chi connectivity index (χ3v) is 2.71. The lowest BCUT2D eigenvalue weighted by Crippen LogP contribution is -1.97. The molecular weight excluding hydrogens is 220 g/mol. The highest BCUT2D eigenvalue weighted by Crippen LogP contribution is 2.18. The molecule has 2 aromatic rings. The molecule has 0 spiro atoms. The summed E-state index contributed by atoms with van der Waals surface area (Å²) in [6, 6.07) is 2.02. The first kappa shape index (κ1) is 9.19. The van der Waals surface area contributed by atoms with Crippen molar-refractivity contribution in [2.45, 2.75) is 6.54 Å². The molecule has 0 aliphatic rings. The quantitative estimate of drug-likeness (QED) is 0.783. The van der Waals surface area contributed by atoms with Crippen LogP contribution in [0.5, 0.6) is 0 Å². The molecule has 0 amide bonds. The van der Waals surface area contributed by atoms with Crippen LogP contribution in [0, 0.1) is 11.3 Å². The second kappa shape index (κ2) is 3.78. The van der Waals surface area contributed by atoms with E-state index in [4.69, 9.17) is 16.9 Å². The van der Waals surface area contributed by atoms with Gasteiger partial charge in [0.05, 0.1) is 18.3 Å². The van der Waals surface area contributed by atoms with E-state index in [2.05, 4.69) is 10.1 Å². The van der Waals surface area contributed by atoms with E-state index < -0.39 is 0 Å². The Hall–Kier alpha value is -1.38. The Morgan fingerprint density at radius 3 is 3.00 bits per heavy atom. The molecular formula is C8H5ClN4S. The number of nitriles is 1. The summed E-state index contributed by atoms with van der Waals surface area (Å²) < 4.78 is 2.20. The zero-order chi connectivity index (χ0) is 9.97. The van der Waals surface area contributed by atoms with Gasteiger partial charge < -0.3 is 0 Å². The third kappa shape index (κ3) is 1.92. The summed E-state index contributed by atoms with van der Waals surface area (Å²) in [6.07, 6.45) is 4.93. The molecule has 0 N–H and O–H groups in total. The molecule has 4 nitrogen and oxygen atoms in total. The van der Waals surface area contributed by atoms with Gasteiger partial charge in [-0.1, -0.05) is 11.6 Å². The molecule has 0 bridgehead atoms. The predicted molar refractivity (Wildman–Crippen MR) is 53.2 cm³/mol. The molecule has 0 saturated carbocycles. The molecule has 2 aromatic heterocycles. The van der Waals surface area contributed by atoms with E-state index in [1.54, 1.807) is 17.1 Å². The van der Waals surface area contributed by atoms with Crippen molar-refractivity contribution in [3.05, 3.63) is 33.5 Å². The summed E-state index contributed by atoms with van der Waals surface area (Å²) in [4.78, 5) is 4.93. The van der Waals surface area contributed by atoms with Crippen LogP contribution in [0.4, 0.5) is 0 Å². The average Bonchev–Trinajstić information content (AvgIpc) is 2.76. The van der Waals surface area contributed by atoms with Crippen molar-refractivity contribution >= 4 is 22.9 Å². The Bertz CT molecular complexity index is 481. The van der Waals surface area contributed by atoms with E-state index in [9.17, 15) is 0 Å². The van der Waals surface area contributed by atoms with Gasteiger partial charge in [0.15, 0.2) is 4.47 Å². The molecule has 14 heavy (non-hydrogen) atoms. The van der Waals surface area contributed by atoms with Gasteiger partial charge in [-0.2, -0.15) is 10.4 Å². The molecule has 0 aromatic carbocycles. The number of thiazole rings is 1. The topological polar surface area (TPSA) is 54.5 Å². The minimum Gasteiger partial charge on any atom is -0.266 e. The van der Waals surface area contributed by atoms with Crippen molar-refractivity contribution in [1.29, 1.82) is 5.26 Å². The van der Waals surface area contributed by atoms with Gasteiger partial charge in [0, 0.05) is 17.3 Å². The molecule has 0 unspecified atom stereocenters. The SMILES string of the molecule is N#Cc1cnn(Cc2cnc(Cl)s2)c1. The Balaban J connectivity index is 2.15. The van der Waals surface area contributed by atoms with Crippen molar-refractivity contribution in [3.8, 4) is 6.07 Å². The van der Waals surface area contributed by atoms with E-state index in [1.807, 2.05) is 6.07 Å². The largest absolute Gasteiger partial charge is 0.266 e. The normalized spacial score (nSPS) is 10.0. The number of hydrogen-bond donors (Lipinski definition) is 0. The first-order chi connectivity index (χ1) is 6.78. The van der Waals surface area contributed by atoms with Crippen LogP contribution >= 0.6 is 22.9 Å². The van der Waals surface area contributed by atoms with E-state index in [0.29, 0.717) is 16.6 Å². The molecule has 70 valence electrons. The first-order valence-electron chi connectivity index (χ1n) is 3.80. The summed E-state index contributed by atoms with van der Waals surface area (Å²) in [5, 5.41) is 12.6. The van der Waals surface area contributed by atoms with E-state index in [-0.39, 0.29) is 0 Å². The van der Waals surface area contributed by atoms with Gasteiger partial charge in [-0.15, -0.1) is 11.3 Å². The number of hydrogen-bond acceptors (Lipinski definition) is 4. The van der Waals surface area contributed by atoms with Crippen LogP contribution in [0.2, 0.25) is 4.47 Å². The van der Waals surface area contributed by atoms with E-state index >= 15 is 0 Å². The standard InChI is InChI=1S/C8H5ClN4S/c9-8-11-3-7(14-8)5-13-4-6(1-10)2-12-13/h2-4H,5H2. The monoisotopic (exact) mass is 224 g/mol. The van der Waals surface area contributed by atoms with Crippen molar-refractivity contribution in [1.82, 2.24) is 14.8 Å². The van der Waals surface area contributed by atoms with Gasteiger partial charge in [-0.3, -0.25) is 4.68 Å². The number of rotatable bonds is 2. The van der Waals surface area contributed by atoms with Gasteiger partial charge in [-0.05, 0) is 0 Å². The van der Waals surface area contributed by atoms with Crippen LogP contribution in [0.1, 0.15) is 10.4 Å². The average molecular weight is 225 g/mol. The van der Waals surface area contributed by atoms with E-state index in [0.717, 1.165) is 4.88 Å². The zero-order valence-corrected chi connectivity index (χ0v) is 8.59. The second-order valence-electron chi connectivity index (χ2n) is 2.62. The summed E-state index contributed by atoms with van der Waals surface area (Å²) in [5.74, 6) is 0. The van der Waals surface area contributed by atoms with Crippen LogP contribution in [-0.4, -0.2) is 14.8 Å². The van der Waals surface area contributed by atoms with Crippen molar-refractivity contribution in [3.63, 3.8) is 0 Å². The second-order valence-corrected chi connectivity index (χ2v) is 4.32. The number of aromatic nitrogens is 3. The van der Waals surface area contributed by atoms with Crippen LogP contribution in [0.25, 0.3) is 0 Å². The van der Waals surface area contributed by atoms with Crippen LogP contribution < -0.4 is 0 Å². The maximum atomic E-state index is 8.59. The van der Waals surface area contributed by atoms with Gasteiger partial charge >= 0.3 is 0 Å². The van der Waals surface area contributed by atoms with Gasteiger partial charge in [0.2, 0.25) is 0 Å². The lowest BCUT2D eigenvalue weighted by Gasteiger charge is -1.94. The smallest absolute Gasteiger partial charge is 0.183 e. The molecule has 2 rings (SSSR count). The minimum absolute atomic E-state index is 0.521. The van der Waals surface area contributed by atoms with Crippen molar-refractivity contribution in [2.24, 2.45) is 0 Å². The van der Waals surface area contributed by atoms with Crippen LogP contribution in [-0.2, 0) is 6.54 Å². The zero-order valence-electron chi connectivity index (χ0n) is 7.01. The first-order valence-corrected chi connectivity index (χ1v) is 5.00. The fraction of sp³-hybridized carbons (Fsp3) is 0.125. The predicted octanol–water partition coefficient (Wildman–Crippen LogP) is 1.91. The highest BCUT2D eigenvalue weighted by molar-refractivity contribution is 7.15. The Morgan fingerprint density at radius 1 is 1.57 bits per heavy atom. The maximum Gasteiger partial charge on any atom is 0.183 e. The Morgan fingerprint density at radius 2 is 2.43 bits per heavy atom. The van der Waals surface area contributed by atoms with Crippen molar-refractivity contribution < 1.29 is 0 Å². The summed E-state index contributed by atoms with van der Waals surface area (Å²) in [5.41, 5.74) is 0.556. The Kier molecular flexibility index (Phi) is 2.48.